The van der Waals surface area contributed by atoms with Crippen molar-refractivity contribution < 1.29 is 9.53 Å². The van der Waals surface area contributed by atoms with E-state index in [9.17, 15) is 4.79 Å². The molecule has 2 heterocycles. The molecule has 0 fully saturated rings. The van der Waals surface area contributed by atoms with Crippen molar-refractivity contribution in [2.24, 2.45) is 0 Å². The Morgan fingerprint density at radius 3 is 2.73 bits per heavy atom. The van der Waals surface area contributed by atoms with E-state index in [0.717, 1.165) is 21.9 Å². The topological polar surface area (TPSA) is 43.6 Å². The number of thiazole rings is 1. The Kier molecular flexibility index (Phi) is 3.81. The van der Waals surface area contributed by atoms with Gasteiger partial charge in [-0.15, -0.1) is 0 Å². The predicted molar refractivity (Wildman–Crippen MR) is 88.5 cm³/mol. The summed E-state index contributed by atoms with van der Waals surface area (Å²) in [7, 11) is 0. The summed E-state index contributed by atoms with van der Waals surface area (Å²) >= 11 is 1.34. The molecule has 22 heavy (non-hydrogen) atoms. The maximum Gasteiger partial charge on any atom is 0.350 e. The number of carbonyl (C=O) groups excluding carboxylic acids is 1. The van der Waals surface area contributed by atoms with Crippen LogP contribution in [-0.2, 0) is 4.74 Å². The lowest BCUT2D eigenvalue weighted by molar-refractivity contribution is 0.0554. The normalized spacial score (nSPS) is 10.8. The van der Waals surface area contributed by atoms with Crippen molar-refractivity contribution in [3.05, 3.63) is 59.3 Å². The molecule has 0 saturated heterocycles. The van der Waals surface area contributed by atoms with Crippen LogP contribution in [0.15, 0.2) is 43.1 Å². The van der Waals surface area contributed by atoms with Gasteiger partial charge in [0.05, 0.1) is 5.69 Å². The third kappa shape index (κ3) is 2.55. The first-order valence-electron chi connectivity index (χ1n) is 6.93. The molecule has 2 aromatic heterocycles. The zero-order chi connectivity index (χ0) is 15.7. The van der Waals surface area contributed by atoms with Gasteiger partial charge in [-0.2, -0.15) is 0 Å². The number of imidazole rings is 1. The number of fused-ring (bicyclic) bond motifs is 1. The lowest BCUT2D eigenvalue weighted by Crippen LogP contribution is -2.05. The Labute approximate surface area is 132 Å². The van der Waals surface area contributed by atoms with Crippen LogP contribution in [-0.4, -0.2) is 22.0 Å². The summed E-state index contributed by atoms with van der Waals surface area (Å²) in [5, 5.41) is 0. The van der Waals surface area contributed by atoms with Gasteiger partial charge in [0.15, 0.2) is 4.96 Å². The van der Waals surface area contributed by atoms with Crippen molar-refractivity contribution in [2.75, 3.05) is 6.61 Å². The number of nitrogens with zero attached hydrogens (tertiary/aromatic N) is 2. The van der Waals surface area contributed by atoms with Gasteiger partial charge in [-0.05, 0) is 13.8 Å². The van der Waals surface area contributed by atoms with E-state index in [1.54, 1.807) is 6.08 Å². The molecule has 0 aliphatic carbocycles. The van der Waals surface area contributed by atoms with Crippen LogP contribution in [0.4, 0.5) is 0 Å². The fourth-order valence-electron chi connectivity index (χ4n) is 2.20. The van der Waals surface area contributed by atoms with Crippen LogP contribution >= 0.6 is 11.3 Å². The minimum Gasteiger partial charge on any atom is -0.457 e. The molecule has 0 N–H and O–H groups in total. The third-order valence-corrected chi connectivity index (χ3v) is 4.56. The van der Waals surface area contributed by atoms with Gasteiger partial charge in [0.1, 0.15) is 11.5 Å². The summed E-state index contributed by atoms with van der Waals surface area (Å²) in [5.74, 6) is -0.329. The summed E-state index contributed by atoms with van der Waals surface area (Å²) in [6.45, 7) is 7.71. The van der Waals surface area contributed by atoms with Crippen molar-refractivity contribution in [1.82, 2.24) is 9.38 Å². The highest BCUT2D eigenvalue weighted by Gasteiger charge is 2.18. The predicted octanol–water partition coefficient (Wildman–Crippen LogP) is 4.02. The van der Waals surface area contributed by atoms with Crippen LogP contribution in [0.2, 0.25) is 0 Å². The van der Waals surface area contributed by atoms with E-state index in [2.05, 4.69) is 42.8 Å². The number of ether oxygens (including phenoxy) is 1. The van der Waals surface area contributed by atoms with Crippen molar-refractivity contribution in [1.29, 1.82) is 0 Å². The minimum absolute atomic E-state index is 0.215. The number of hydrogen-bond acceptors (Lipinski definition) is 4. The van der Waals surface area contributed by atoms with Crippen LogP contribution in [0.3, 0.4) is 0 Å². The highest BCUT2D eigenvalue weighted by Crippen LogP contribution is 2.27. The molecule has 0 spiro atoms. The number of esters is 1. The fourth-order valence-corrected chi connectivity index (χ4v) is 3.21. The van der Waals surface area contributed by atoms with Crippen molar-refractivity contribution in [3.63, 3.8) is 0 Å². The van der Waals surface area contributed by atoms with E-state index >= 15 is 0 Å². The van der Waals surface area contributed by atoms with E-state index in [0.29, 0.717) is 4.88 Å². The van der Waals surface area contributed by atoms with Gasteiger partial charge in [0, 0.05) is 17.5 Å². The molecule has 3 aromatic rings. The highest BCUT2D eigenvalue weighted by atomic mass is 32.1. The Bertz CT molecular complexity index is 844. The lowest BCUT2D eigenvalue weighted by atomic mass is 10.1. The molecule has 0 unspecified atom stereocenters. The summed E-state index contributed by atoms with van der Waals surface area (Å²) in [4.78, 5) is 18.0. The van der Waals surface area contributed by atoms with Crippen molar-refractivity contribution >= 4 is 22.3 Å². The molecule has 3 rings (SSSR count). The zero-order valence-electron chi connectivity index (χ0n) is 12.5. The van der Waals surface area contributed by atoms with Gasteiger partial charge in [-0.25, -0.2) is 9.78 Å². The lowest BCUT2D eigenvalue weighted by Gasteiger charge is -2.00. The molecule has 0 saturated carbocycles. The highest BCUT2D eigenvalue weighted by molar-refractivity contribution is 7.19. The van der Waals surface area contributed by atoms with Gasteiger partial charge in [0.2, 0.25) is 0 Å². The fraction of sp³-hybridized carbons (Fsp3) is 0.176. The number of benzene rings is 1. The number of rotatable bonds is 4. The standard InChI is InChI=1S/C17H16N2O2S/c1-4-9-21-16(20)15-12(3)19-10-14(18-17(19)22-15)13-7-5-11(2)6-8-13/h4-8,10H,1,9H2,2-3H3. The Balaban J connectivity index is 1.97. The first-order valence-corrected chi connectivity index (χ1v) is 7.75. The zero-order valence-corrected chi connectivity index (χ0v) is 13.3. The van der Waals surface area contributed by atoms with Crippen molar-refractivity contribution in [3.8, 4) is 11.3 Å². The van der Waals surface area contributed by atoms with Gasteiger partial charge >= 0.3 is 5.97 Å². The molecule has 112 valence electrons. The van der Waals surface area contributed by atoms with Crippen molar-refractivity contribution in [2.45, 2.75) is 13.8 Å². The molecule has 0 bridgehead atoms. The minimum atomic E-state index is -0.329. The van der Waals surface area contributed by atoms with Gasteiger partial charge in [-0.3, -0.25) is 4.40 Å². The molecule has 0 amide bonds. The monoisotopic (exact) mass is 312 g/mol. The van der Waals surface area contributed by atoms with Gasteiger partial charge < -0.3 is 4.74 Å². The summed E-state index contributed by atoms with van der Waals surface area (Å²) in [5.41, 5.74) is 4.03. The Morgan fingerprint density at radius 2 is 2.09 bits per heavy atom. The second kappa shape index (κ2) is 5.77. The second-order valence-electron chi connectivity index (χ2n) is 5.05. The number of hydrogen-bond donors (Lipinski definition) is 0. The smallest absolute Gasteiger partial charge is 0.350 e. The van der Waals surface area contributed by atoms with E-state index in [1.165, 1.54) is 16.9 Å². The first kappa shape index (κ1) is 14.5. The Hall–Kier alpha value is -2.40. The number of carbonyl (C=O) groups is 1. The second-order valence-corrected chi connectivity index (χ2v) is 6.03. The molecule has 5 heteroatoms. The molecular weight excluding hydrogens is 296 g/mol. The van der Waals surface area contributed by atoms with Crippen LogP contribution in [0.25, 0.3) is 16.2 Å². The quantitative estimate of drug-likeness (QED) is 0.540. The van der Waals surface area contributed by atoms with Crippen LogP contribution in [0, 0.1) is 13.8 Å². The van der Waals surface area contributed by atoms with Crippen LogP contribution < -0.4 is 0 Å². The number of aryl methyl sites for hydroxylation is 2. The summed E-state index contributed by atoms with van der Waals surface area (Å²) in [6.07, 6.45) is 3.51. The molecule has 0 atom stereocenters. The van der Waals surface area contributed by atoms with E-state index < -0.39 is 0 Å². The first-order chi connectivity index (χ1) is 10.6. The summed E-state index contributed by atoms with van der Waals surface area (Å²) < 4.78 is 7.03. The molecule has 0 aliphatic heterocycles. The van der Waals surface area contributed by atoms with E-state index in [1.807, 2.05) is 17.5 Å². The summed E-state index contributed by atoms with van der Waals surface area (Å²) in [6, 6.07) is 8.23. The molecule has 0 radical (unpaired) electrons. The maximum absolute atomic E-state index is 12.0. The third-order valence-electron chi connectivity index (χ3n) is 3.42. The maximum atomic E-state index is 12.0. The largest absolute Gasteiger partial charge is 0.457 e. The van der Waals surface area contributed by atoms with E-state index in [4.69, 9.17) is 4.74 Å². The molecular formula is C17H16N2O2S. The van der Waals surface area contributed by atoms with Gasteiger partial charge in [-0.1, -0.05) is 53.8 Å². The van der Waals surface area contributed by atoms with Crippen LogP contribution in [0.5, 0.6) is 0 Å². The Morgan fingerprint density at radius 1 is 1.36 bits per heavy atom. The van der Waals surface area contributed by atoms with Crippen LogP contribution in [0.1, 0.15) is 20.9 Å². The van der Waals surface area contributed by atoms with E-state index in [-0.39, 0.29) is 12.6 Å². The molecule has 4 nitrogen and oxygen atoms in total. The average Bonchev–Trinajstić information content (AvgIpc) is 3.06. The number of aromatic nitrogens is 2. The molecule has 1 aromatic carbocycles. The molecule has 0 aliphatic rings. The van der Waals surface area contributed by atoms with Gasteiger partial charge in [0.25, 0.3) is 0 Å². The SMILES string of the molecule is C=CCOC(=O)c1sc2nc(-c3ccc(C)cc3)cn2c1C. The average molecular weight is 312 g/mol.